The monoisotopic (exact) mass is 189 g/mol. The number of aliphatic imine (C=N–C) groups is 1. The number of aromatic nitrogens is 1. The van der Waals surface area contributed by atoms with Crippen molar-refractivity contribution in [1.82, 2.24) is 10.3 Å². The molecule has 0 bridgehead atoms. The molecule has 1 aromatic heterocycles. The lowest BCUT2D eigenvalue weighted by atomic mass is 10.1. The van der Waals surface area contributed by atoms with Crippen molar-refractivity contribution in [2.24, 2.45) is 4.99 Å². The minimum atomic E-state index is -0.589. The van der Waals surface area contributed by atoms with Gasteiger partial charge < -0.3 is 0 Å². The number of hydrogen-bond acceptors (Lipinski definition) is 3. The molecular weight excluding hydrogens is 182 g/mol. The highest BCUT2D eigenvalue weighted by atomic mass is 16.2. The molecule has 5 heteroatoms. The van der Waals surface area contributed by atoms with Crippen LogP contribution < -0.4 is 5.32 Å². The third-order valence-corrected chi connectivity index (χ3v) is 1.81. The molecule has 70 valence electrons. The van der Waals surface area contributed by atoms with Crippen LogP contribution >= 0.6 is 0 Å². The Labute approximate surface area is 79.9 Å². The quantitative estimate of drug-likeness (QED) is 0.728. The van der Waals surface area contributed by atoms with Crippen LogP contribution in [0.3, 0.4) is 0 Å². The van der Waals surface area contributed by atoms with Gasteiger partial charge in [-0.05, 0) is 11.6 Å². The van der Waals surface area contributed by atoms with Gasteiger partial charge in [-0.1, -0.05) is 6.07 Å². The van der Waals surface area contributed by atoms with E-state index in [9.17, 15) is 9.59 Å². The molecule has 0 radical (unpaired) electrons. The second-order valence-electron chi connectivity index (χ2n) is 2.86. The van der Waals surface area contributed by atoms with Crippen LogP contribution in [-0.4, -0.2) is 22.6 Å². The summed E-state index contributed by atoms with van der Waals surface area (Å²) >= 11 is 0. The van der Waals surface area contributed by atoms with Gasteiger partial charge in [0.05, 0.1) is 0 Å². The first kappa shape index (κ1) is 8.55. The van der Waals surface area contributed by atoms with Crippen LogP contribution in [0.1, 0.15) is 5.56 Å². The third-order valence-electron chi connectivity index (χ3n) is 1.81. The number of carbonyl (C=O) groups excluding carboxylic acids is 2. The van der Waals surface area contributed by atoms with Crippen LogP contribution in [0, 0.1) is 0 Å². The van der Waals surface area contributed by atoms with Gasteiger partial charge in [0.15, 0.2) is 0 Å². The van der Waals surface area contributed by atoms with Crippen LogP contribution in [-0.2, 0) is 11.2 Å². The normalized spacial score (nSPS) is 15.3. The standard InChI is InChI=1S/C9H7N3O2/c13-8-7(11-9(14)12-8)4-6-2-1-3-10-5-6/h1-3,5H,4H2,(H,12,13,14). The van der Waals surface area contributed by atoms with Gasteiger partial charge in [-0.15, -0.1) is 0 Å². The van der Waals surface area contributed by atoms with E-state index in [-0.39, 0.29) is 5.71 Å². The predicted octanol–water partition coefficient (Wildman–Crippen LogP) is 0.315. The summed E-state index contributed by atoms with van der Waals surface area (Å²) in [5.74, 6) is -0.418. The molecule has 3 amide bonds. The summed E-state index contributed by atoms with van der Waals surface area (Å²) in [6, 6.07) is 3.00. The Kier molecular flexibility index (Phi) is 2.06. The minimum absolute atomic E-state index is 0.239. The Balaban J connectivity index is 2.16. The van der Waals surface area contributed by atoms with E-state index >= 15 is 0 Å². The van der Waals surface area contributed by atoms with Crippen LogP contribution in [0.25, 0.3) is 0 Å². The molecule has 1 aliphatic rings. The zero-order chi connectivity index (χ0) is 9.97. The van der Waals surface area contributed by atoms with Crippen molar-refractivity contribution in [3.8, 4) is 0 Å². The highest BCUT2D eigenvalue weighted by Gasteiger charge is 2.22. The van der Waals surface area contributed by atoms with Crippen molar-refractivity contribution in [2.75, 3.05) is 0 Å². The number of carbonyl (C=O) groups is 2. The Morgan fingerprint density at radius 3 is 2.79 bits per heavy atom. The van der Waals surface area contributed by atoms with Crippen LogP contribution in [0.15, 0.2) is 29.5 Å². The average molecular weight is 189 g/mol. The van der Waals surface area contributed by atoms with Gasteiger partial charge in [-0.25, -0.2) is 4.79 Å². The summed E-state index contributed by atoms with van der Waals surface area (Å²) in [4.78, 5) is 29.3. The fourth-order valence-corrected chi connectivity index (χ4v) is 1.19. The van der Waals surface area contributed by atoms with Gasteiger partial charge in [0.25, 0.3) is 5.91 Å². The highest BCUT2D eigenvalue weighted by Crippen LogP contribution is 2.02. The molecule has 2 heterocycles. The molecule has 5 nitrogen and oxygen atoms in total. The van der Waals surface area contributed by atoms with Crippen molar-refractivity contribution in [3.63, 3.8) is 0 Å². The topological polar surface area (TPSA) is 71.4 Å². The second kappa shape index (κ2) is 3.37. The zero-order valence-electron chi connectivity index (χ0n) is 7.23. The second-order valence-corrected chi connectivity index (χ2v) is 2.86. The van der Waals surface area contributed by atoms with E-state index in [2.05, 4.69) is 15.3 Å². The summed E-state index contributed by atoms with van der Waals surface area (Å²) in [6.45, 7) is 0. The molecule has 0 fully saturated rings. The van der Waals surface area contributed by atoms with Crippen molar-refractivity contribution >= 4 is 17.6 Å². The molecule has 0 aromatic carbocycles. The lowest BCUT2D eigenvalue weighted by Crippen LogP contribution is -2.26. The minimum Gasteiger partial charge on any atom is -0.271 e. The van der Waals surface area contributed by atoms with E-state index < -0.39 is 11.9 Å². The molecule has 0 saturated carbocycles. The summed E-state index contributed by atoms with van der Waals surface area (Å²) in [6.07, 6.45) is 3.62. The maximum absolute atomic E-state index is 11.1. The Bertz CT molecular complexity index is 411. The maximum Gasteiger partial charge on any atom is 0.348 e. The molecule has 14 heavy (non-hydrogen) atoms. The van der Waals surface area contributed by atoms with Gasteiger partial charge in [0.1, 0.15) is 5.71 Å². The fraction of sp³-hybridized carbons (Fsp3) is 0.111. The molecule has 2 rings (SSSR count). The van der Waals surface area contributed by atoms with Gasteiger partial charge in [-0.3, -0.25) is 15.1 Å². The van der Waals surface area contributed by atoms with Crippen molar-refractivity contribution in [1.29, 1.82) is 0 Å². The van der Waals surface area contributed by atoms with E-state index in [4.69, 9.17) is 0 Å². The van der Waals surface area contributed by atoms with Crippen LogP contribution in [0.5, 0.6) is 0 Å². The first-order valence-electron chi connectivity index (χ1n) is 4.07. The predicted molar refractivity (Wildman–Crippen MR) is 48.9 cm³/mol. The number of nitrogens with one attached hydrogen (secondary N) is 1. The van der Waals surface area contributed by atoms with Crippen molar-refractivity contribution in [2.45, 2.75) is 6.42 Å². The molecule has 0 aliphatic carbocycles. The Morgan fingerprint density at radius 1 is 1.36 bits per heavy atom. The molecule has 0 atom stereocenters. The Hall–Kier alpha value is -2.04. The molecule has 0 saturated heterocycles. The van der Waals surface area contributed by atoms with Crippen molar-refractivity contribution in [3.05, 3.63) is 30.1 Å². The van der Waals surface area contributed by atoms with Gasteiger partial charge in [0, 0.05) is 18.8 Å². The maximum atomic E-state index is 11.1. The molecule has 1 aromatic rings. The number of urea groups is 1. The third kappa shape index (κ3) is 1.66. The summed E-state index contributed by atoms with van der Waals surface area (Å²) < 4.78 is 0. The lowest BCUT2D eigenvalue weighted by Gasteiger charge is -1.96. The Morgan fingerprint density at radius 2 is 2.21 bits per heavy atom. The van der Waals surface area contributed by atoms with Crippen molar-refractivity contribution < 1.29 is 9.59 Å². The molecular formula is C9H7N3O2. The molecule has 1 aliphatic heterocycles. The van der Waals surface area contributed by atoms with Gasteiger partial charge in [0.2, 0.25) is 0 Å². The highest BCUT2D eigenvalue weighted by molar-refractivity contribution is 6.46. The molecule has 0 unspecified atom stereocenters. The number of imide groups is 1. The van der Waals surface area contributed by atoms with E-state index in [1.54, 1.807) is 18.5 Å². The van der Waals surface area contributed by atoms with Gasteiger partial charge >= 0.3 is 6.03 Å². The molecule has 0 spiro atoms. The van der Waals surface area contributed by atoms with Gasteiger partial charge in [-0.2, -0.15) is 4.99 Å². The van der Waals surface area contributed by atoms with E-state index in [1.165, 1.54) is 0 Å². The van der Waals surface area contributed by atoms with E-state index in [0.29, 0.717) is 6.42 Å². The number of rotatable bonds is 2. The first-order chi connectivity index (χ1) is 6.75. The van der Waals surface area contributed by atoms with E-state index in [0.717, 1.165) is 5.56 Å². The van der Waals surface area contributed by atoms with Crippen LogP contribution in [0.2, 0.25) is 0 Å². The summed E-state index contributed by atoms with van der Waals surface area (Å²) in [5.41, 5.74) is 1.10. The largest absolute Gasteiger partial charge is 0.348 e. The number of hydrogen-bond donors (Lipinski definition) is 1. The number of amides is 3. The summed E-state index contributed by atoms with van der Waals surface area (Å²) in [7, 11) is 0. The summed E-state index contributed by atoms with van der Waals surface area (Å²) in [5, 5.41) is 2.09. The average Bonchev–Trinajstić information content (AvgIpc) is 2.47. The SMILES string of the molecule is O=C1N=C(Cc2cccnc2)C(=O)N1. The number of pyridine rings is 1. The lowest BCUT2D eigenvalue weighted by molar-refractivity contribution is -0.113. The first-order valence-corrected chi connectivity index (χ1v) is 4.07. The van der Waals surface area contributed by atoms with E-state index in [1.807, 2.05) is 6.07 Å². The fourth-order valence-electron chi connectivity index (χ4n) is 1.19. The smallest absolute Gasteiger partial charge is 0.271 e. The zero-order valence-corrected chi connectivity index (χ0v) is 7.23. The van der Waals surface area contributed by atoms with Crippen LogP contribution in [0.4, 0.5) is 4.79 Å². The number of nitrogens with zero attached hydrogens (tertiary/aromatic N) is 2. The molecule has 1 N–H and O–H groups in total.